The summed E-state index contributed by atoms with van der Waals surface area (Å²) in [7, 11) is -4.59. The fourth-order valence-electron chi connectivity index (χ4n) is 3.71. The molecule has 0 atom stereocenters. The summed E-state index contributed by atoms with van der Waals surface area (Å²) in [5.41, 5.74) is 0. The maximum absolute atomic E-state index is 11.2. The molecule has 1 N–H and O–H groups in total. The van der Waals surface area contributed by atoms with E-state index >= 15 is 0 Å². The molecule has 0 aromatic rings. The number of esters is 1. The molecule has 0 heterocycles. The molecule has 0 aromatic heterocycles. The Morgan fingerprint density at radius 3 is 1.26 bits per heavy atom. The lowest BCUT2D eigenvalue weighted by molar-refractivity contribution is -0.146. The van der Waals surface area contributed by atoms with Gasteiger partial charge in [-0.05, 0) is 6.42 Å². The van der Waals surface area contributed by atoms with Crippen LogP contribution in [0.2, 0.25) is 0 Å². The van der Waals surface area contributed by atoms with E-state index in [1.54, 1.807) is 0 Å². The SMILES string of the molecule is CCCCCCCCCCCCCCCCCCCCCCOC(=O)COS(=O)(=O)O. The minimum atomic E-state index is -4.59. The van der Waals surface area contributed by atoms with Gasteiger partial charge in [-0.1, -0.05) is 129 Å². The topological polar surface area (TPSA) is 89.9 Å². The molecule has 6 nitrogen and oxygen atoms in total. The Morgan fingerprint density at radius 1 is 0.613 bits per heavy atom. The van der Waals surface area contributed by atoms with Gasteiger partial charge in [-0.25, -0.2) is 8.98 Å². The zero-order valence-electron chi connectivity index (χ0n) is 20.0. The number of carbonyl (C=O) groups excluding carboxylic acids is 1. The van der Waals surface area contributed by atoms with Gasteiger partial charge in [-0.2, -0.15) is 8.42 Å². The van der Waals surface area contributed by atoms with Crippen molar-refractivity contribution < 1.29 is 26.7 Å². The molecule has 0 aliphatic rings. The monoisotopic (exact) mass is 464 g/mol. The molecule has 0 rings (SSSR count). The minimum absolute atomic E-state index is 0.257. The highest BCUT2D eigenvalue weighted by Gasteiger charge is 2.10. The first kappa shape index (κ1) is 30.3. The van der Waals surface area contributed by atoms with E-state index in [9.17, 15) is 13.2 Å². The highest BCUT2D eigenvalue weighted by atomic mass is 32.3. The second-order valence-corrected chi connectivity index (χ2v) is 9.72. The molecular weight excluding hydrogens is 416 g/mol. The maximum atomic E-state index is 11.2. The van der Waals surface area contributed by atoms with Crippen molar-refractivity contribution in [1.82, 2.24) is 0 Å². The van der Waals surface area contributed by atoms with Crippen molar-refractivity contribution >= 4 is 16.4 Å². The molecule has 0 unspecified atom stereocenters. The quantitative estimate of drug-likeness (QED) is 0.0925. The smallest absolute Gasteiger partial charge is 0.397 e. The summed E-state index contributed by atoms with van der Waals surface area (Å²) in [4.78, 5) is 11.2. The van der Waals surface area contributed by atoms with Crippen molar-refractivity contribution in [1.29, 1.82) is 0 Å². The summed E-state index contributed by atoms with van der Waals surface area (Å²) >= 11 is 0. The van der Waals surface area contributed by atoms with Gasteiger partial charge in [-0.15, -0.1) is 0 Å². The fourth-order valence-corrected chi connectivity index (χ4v) is 3.95. The van der Waals surface area contributed by atoms with Crippen LogP contribution in [-0.2, 0) is 24.1 Å². The Balaban J connectivity index is 3.13. The lowest BCUT2D eigenvalue weighted by Crippen LogP contribution is -2.16. The van der Waals surface area contributed by atoms with Gasteiger partial charge in [0.2, 0.25) is 0 Å². The Hall–Kier alpha value is -0.660. The van der Waals surface area contributed by atoms with Crippen LogP contribution in [0.25, 0.3) is 0 Å². The van der Waals surface area contributed by atoms with Crippen molar-refractivity contribution in [3.8, 4) is 0 Å². The van der Waals surface area contributed by atoms with Gasteiger partial charge in [0.25, 0.3) is 0 Å². The Morgan fingerprint density at radius 2 is 0.935 bits per heavy atom. The predicted molar refractivity (Wildman–Crippen MR) is 126 cm³/mol. The minimum Gasteiger partial charge on any atom is -0.464 e. The molecule has 0 saturated carbocycles. The van der Waals surface area contributed by atoms with Gasteiger partial charge >= 0.3 is 16.4 Å². The largest absolute Gasteiger partial charge is 0.464 e. The molecule has 0 radical (unpaired) electrons. The summed E-state index contributed by atoms with van der Waals surface area (Å²) in [5.74, 6) is -0.782. The third-order valence-corrected chi connectivity index (χ3v) is 6.00. The summed E-state index contributed by atoms with van der Waals surface area (Å²) in [5, 5.41) is 0. The standard InChI is InChI=1S/C24H48O6S/c1-2-3-4-5-6-7-8-9-10-11-12-13-14-15-16-17-18-19-20-21-22-29-24(25)23-30-31(26,27)28/h2-23H2,1H3,(H,26,27,28). The second-order valence-electron chi connectivity index (χ2n) is 8.63. The first-order valence-corrected chi connectivity index (χ1v) is 14.1. The normalized spacial score (nSPS) is 11.7. The highest BCUT2D eigenvalue weighted by molar-refractivity contribution is 7.80. The number of unbranched alkanes of at least 4 members (excludes halogenated alkanes) is 19. The van der Waals surface area contributed by atoms with E-state index in [1.165, 1.54) is 109 Å². The summed E-state index contributed by atoms with van der Waals surface area (Å²) in [6, 6.07) is 0. The Bertz CT molecular complexity index is 492. The maximum Gasteiger partial charge on any atom is 0.397 e. The Labute approximate surface area is 191 Å². The molecule has 0 spiro atoms. The molecule has 0 amide bonds. The third kappa shape index (κ3) is 27.3. The molecule has 0 aliphatic carbocycles. The number of carbonyl (C=O) groups is 1. The van der Waals surface area contributed by atoms with Gasteiger partial charge in [-0.3, -0.25) is 4.55 Å². The van der Waals surface area contributed by atoms with E-state index in [2.05, 4.69) is 11.1 Å². The molecule has 7 heteroatoms. The summed E-state index contributed by atoms with van der Waals surface area (Å²) in [6.07, 6.45) is 26.3. The van der Waals surface area contributed by atoms with Crippen LogP contribution in [-0.4, -0.2) is 32.2 Å². The third-order valence-electron chi connectivity index (χ3n) is 5.59. The average molecular weight is 465 g/mol. The molecule has 0 bridgehead atoms. The highest BCUT2D eigenvalue weighted by Crippen LogP contribution is 2.14. The second kappa shape index (κ2) is 22.5. The van der Waals surface area contributed by atoms with Gasteiger partial charge in [0.15, 0.2) is 6.61 Å². The lowest BCUT2D eigenvalue weighted by atomic mass is 10.0. The average Bonchev–Trinajstić information content (AvgIpc) is 2.73. The Kier molecular flexibility index (Phi) is 22.1. The predicted octanol–water partition coefficient (Wildman–Crippen LogP) is 7.17. The van der Waals surface area contributed by atoms with Crippen LogP contribution < -0.4 is 0 Å². The van der Waals surface area contributed by atoms with E-state index in [0.717, 1.165) is 19.3 Å². The van der Waals surface area contributed by atoms with E-state index in [-0.39, 0.29) is 6.61 Å². The van der Waals surface area contributed by atoms with Crippen LogP contribution in [0.3, 0.4) is 0 Å². The van der Waals surface area contributed by atoms with Crippen LogP contribution in [0.5, 0.6) is 0 Å². The van der Waals surface area contributed by atoms with Crippen molar-refractivity contribution in [3.05, 3.63) is 0 Å². The zero-order valence-corrected chi connectivity index (χ0v) is 20.8. The van der Waals surface area contributed by atoms with E-state index in [4.69, 9.17) is 9.29 Å². The number of rotatable bonds is 24. The first-order valence-electron chi connectivity index (χ1n) is 12.7. The van der Waals surface area contributed by atoms with Crippen LogP contribution in [0, 0.1) is 0 Å². The molecule has 0 aliphatic heterocycles. The van der Waals surface area contributed by atoms with E-state index in [0.29, 0.717) is 0 Å². The van der Waals surface area contributed by atoms with Gasteiger partial charge < -0.3 is 4.74 Å². The molecule has 31 heavy (non-hydrogen) atoms. The van der Waals surface area contributed by atoms with Crippen molar-refractivity contribution in [3.63, 3.8) is 0 Å². The van der Waals surface area contributed by atoms with Gasteiger partial charge in [0.1, 0.15) is 0 Å². The van der Waals surface area contributed by atoms with Crippen molar-refractivity contribution in [2.75, 3.05) is 13.2 Å². The number of hydrogen-bond donors (Lipinski definition) is 1. The van der Waals surface area contributed by atoms with E-state index < -0.39 is 23.0 Å². The summed E-state index contributed by atoms with van der Waals surface area (Å²) < 4.78 is 37.8. The first-order chi connectivity index (χ1) is 15.0. The molecule has 0 saturated heterocycles. The van der Waals surface area contributed by atoms with Gasteiger partial charge in [0.05, 0.1) is 6.61 Å². The lowest BCUT2D eigenvalue weighted by Gasteiger charge is -2.05. The van der Waals surface area contributed by atoms with Crippen LogP contribution in [0.1, 0.15) is 135 Å². The number of hydrogen-bond acceptors (Lipinski definition) is 5. The zero-order chi connectivity index (χ0) is 23.0. The summed E-state index contributed by atoms with van der Waals surface area (Å²) in [6.45, 7) is 1.75. The van der Waals surface area contributed by atoms with Gasteiger partial charge in [0, 0.05) is 0 Å². The molecular formula is C24H48O6S. The van der Waals surface area contributed by atoms with Crippen LogP contribution in [0.15, 0.2) is 0 Å². The van der Waals surface area contributed by atoms with Crippen molar-refractivity contribution in [2.45, 2.75) is 135 Å². The molecule has 0 fully saturated rings. The van der Waals surface area contributed by atoms with Crippen LogP contribution in [0.4, 0.5) is 0 Å². The van der Waals surface area contributed by atoms with Crippen LogP contribution >= 0.6 is 0 Å². The number of ether oxygens (including phenoxy) is 1. The van der Waals surface area contributed by atoms with Crippen molar-refractivity contribution in [2.24, 2.45) is 0 Å². The molecule has 0 aromatic carbocycles. The molecule has 186 valence electrons. The van der Waals surface area contributed by atoms with E-state index in [1.807, 2.05) is 0 Å². The fraction of sp³-hybridized carbons (Fsp3) is 0.958.